The highest BCUT2D eigenvalue weighted by molar-refractivity contribution is 9.10. The average molecular weight is 316 g/mol. The molecule has 1 aromatic rings. The van der Waals surface area contributed by atoms with Gasteiger partial charge in [0, 0.05) is 6.04 Å². The van der Waals surface area contributed by atoms with Crippen LogP contribution in [0.5, 0.6) is 0 Å². The Hall–Kier alpha value is -1.30. The first-order valence-electron chi connectivity index (χ1n) is 5.78. The van der Waals surface area contributed by atoms with Crippen LogP contribution in [0.3, 0.4) is 0 Å². The molecule has 1 fully saturated rings. The molecule has 98 valence electrons. The Bertz CT molecular complexity index is 453. The number of hydrogen-bond acceptors (Lipinski definition) is 4. The lowest BCUT2D eigenvalue weighted by molar-refractivity contribution is -0.125. The van der Waals surface area contributed by atoms with Gasteiger partial charge < -0.3 is 14.5 Å². The maximum absolute atomic E-state index is 11.5. The molecule has 5 nitrogen and oxygen atoms in total. The van der Waals surface area contributed by atoms with E-state index in [2.05, 4.69) is 21.2 Å². The zero-order chi connectivity index (χ0) is 13.1. The molecule has 0 radical (unpaired) electrons. The Balaban J connectivity index is 1.73. The van der Waals surface area contributed by atoms with E-state index in [-0.39, 0.29) is 24.3 Å². The minimum absolute atomic E-state index is 0.0740. The highest BCUT2D eigenvalue weighted by atomic mass is 79.9. The van der Waals surface area contributed by atoms with Crippen molar-refractivity contribution in [2.24, 2.45) is 5.92 Å². The van der Waals surface area contributed by atoms with E-state index >= 15 is 0 Å². The lowest BCUT2D eigenvalue weighted by Gasteiger charge is -2.12. The van der Waals surface area contributed by atoms with Gasteiger partial charge in [-0.05, 0) is 53.7 Å². The Morgan fingerprint density at radius 3 is 2.83 bits per heavy atom. The molecule has 1 amide bonds. The molecule has 1 N–H and O–H groups in total. The van der Waals surface area contributed by atoms with Crippen LogP contribution in [0.4, 0.5) is 0 Å². The number of amides is 1. The third kappa shape index (κ3) is 3.60. The van der Waals surface area contributed by atoms with E-state index in [1.807, 2.05) is 6.92 Å². The first kappa shape index (κ1) is 13.1. The predicted molar refractivity (Wildman–Crippen MR) is 67.0 cm³/mol. The van der Waals surface area contributed by atoms with E-state index in [0.29, 0.717) is 10.6 Å². The second-order valence-electron chi connectivity index (χ2n) is 4.37. The number of ether oxygens (including phenoxy) is 1. The molecule has 6 heteroatoms. The number of carbonyl (C=O) groups excluding carboxylic acids is 2. The Kier molecular flexibility index (Phi) is 4.06. The van der Waals surface area contributed by atoms with Crippen molar-refractivity contribution in [3.05, 3.63) is 22.6 Å². The van der Waals surface area contributed by atoms with Crippen LogP contribution in [-0.2, 0) is 9.53 Å². The smallest absolute Gasteiger partial charge is 0.374 e. The number of hydrogen-bond donors (Lipinski definition) is 1. The van der Waals surface area contributed by atoms with Crippen molar-refractivity contribution >= 4 is 27.8 Å². The summed E-state index contributed by atoms with van der Waals surface area (Å²) in [5.41, 5.74) is 0. The summed E-state index contributed by atoms with van der Waals surface area (Å²) in [5.74, 6) is -0.279. The highest BCUT2D eigenvalue weighted by Crippen LogP contribution is 2.32. The monoisotopic (exact) mass is 315 g/mol. The molecule has 1 aromatic heterocycles. The van der Waals surface area contributed by atoms with Crippen molar-refractivity contribution in [3.63, 3.8) is 0 Å². The molecule has 1 saturated carbocycles. The van der Waals surface area contributed by atoms with Crippen LogP contribution < -0.4 is 5.32 Å². The molecule has 1 aliphatic carbocycles. The summed E-state index contributed by atoms with van der Waals surface area (Å²) in [6, 6.07) is 3.22. The second-order valence-corrected chi connectivity index (χ2v) is 5.16. The van der Waals surface area contributed by atoms with Crippen molar-refractivity contribution in [1.29, 1.82) is 0 Å². The molecule has 0 spiro atoms. The van der Waals surface area contributed by atoms with Crippen molar-refractivity contribution in [1.82, 2.24) is 5.32 Å². The van der Waals surface area contributed by atoms with Gasteiger partial charge >= 0.3 is 5.97 Å². The fraction of sp³-hybridized carbons (Fsp3) is 0.500. The maximum atomic E-state index is 11.5. The molecule has 18 heavy (non-hydrogen) atoms. The van der Waals surface area contributed by atoms with Crippen LogP contribution in [0.15, 0.2) is 21.2 Å². The molecule has 0 aromatic carbocycles. The third-order valence-electron chi connectivity index (χ3n) is 2.83. The number of furan rings is 1. The molecule has 1 aliphatic rings. The van der Waals surface area contributed by atoms with E-state index in [1.54, 1.807) is 6.07 Å². The van der Waals surface area contributed by atoms with Crippen LogP contribution >= 0.6 is 15.9 Å². The van der Waals surface area contributed by atoms with E-state index in [1.165, 1.54) is 6.07 Å². The van der Waals surface area contributed by atoms with Crippen LogP contribution in [0.2, 0.25) is 0 Å². The van der Waals surface area contributed by atoms with E-state index in [9.17, 15) is 9.59 Å². The van der Waals surface area contributed by atoms with Crippen LogP contribution in [0.25, 0.3) is 0 Å². The van der Waals surface area contributed by atoms with Crippen LogP contribution in [0.1, 0.15) is 30.3 Å². The van der Waals surface area contributed by atoms with Gasteiger partial charge in [0.25, 0.3) is 5.91 Å². The topological polar surface area (TPSA) is 68.5 Å². The lowest BCUT2D eigenvalue weighted by Crippen LogP contribution is -2.37. The van der Waals surface area contributed by atoms with Crippen LogP contribution in [-0.4, -0.2) is 24.5 Å². The second kappa shape index (κ2) is 5.56. The molecule has 0 aliphatic heterocycles. The molecule has 2 rings (SSSR count). The van der Waals surface area contributed by atoms with Gasteiger partial charge in [-0.15, -0.1) is 0 Å². The summed E-state index contributed by atoms with van der Waals surface area (Å²) in [6.07, 6.45) is 2.31. The molecule has 0 saturated heterocycles. The van der Waals surface area contributed by atoms with E-state index in [0.717, 1.165) is 12.8 Å². The predicted octanol–water partition coefficient (Wildman–Crippen LogP) is 2.11. The highest BCUT2D eigenvalue weighted by Gasteiger charge is 2.29. The van der Waals surface area contributed by atoms with Gasteiger partial charge in [0.15, 0.2) is 11.3 Å². The van der Waals surface area contributed by atoms with Gasteiger partial charge in [0.1, 0.15) is 0 Å². The van der Waals surface area contributed by atoms with Crippen molar-refractivity contribution < 1.29 is 18.7 Å². The number of esters is 1. The Morgan fingerprint density at radius 2 is 2.28 bits per heavy atom. The number of halogens is 1. The quantitative estimate of drug-likeness (QED) is 0.845. The molecule has 0 bridgehead atoms. The lowest BCUT2D eigenvalue weighted by atomic mass is 10.2. The number of rotatable bonds is 5. The Morgan fingerprint density at radius 1 is 1.56 bits per heavy atom. The van der Waals surface area contributed by atoms with Crippen molar-refractivity contribution in [2.45, 2.75) is 25.8 Å². The maximum Gasteiger partial charge on any atom is 0.374 e. The summed E-state index contributed by atoms with van der Waals surface area (Å²) in [7, 11) is 0. The first-order valence-corrected chi connectivity index (χ1v) is 6.57. The third-order valence-corrected chi connectivity index (χ3v) is 3.25. The largest absolute Gasteiger partial charge is 0.450 e. The van der Waals surface area contributed by atoms with Crippen molar-refractivity contribution in [2.75, 3.05) is 6.61 Å². The summed E-state index contributed by atoms with van der Waals surface area (Å²) >= 11 is 3.08. The minimum Gasteiger partial charge on any atom is -0.450 e. The average Bonchev–Trinajstić information content (AvgIpc) is 3.09. The standard InChI is InChI=1S/C12H14BrNO4/c1-7(8-2-3-8)14-11(15)6-17-12(16)9-4-5-10(13)18-9/h4-5,7-8H,2-3,6H2,1H3,(H,14,15)/t7-/m1/s1. The van der Waals surface area contributed by atoms with Gasteiger partial charge in [0.05, 0.1) is 0 Å². The summed E-state index contributed by atoms with van der Waals surface area (Å²) in [5, 5.41) is 2.80. The van der Waals surface area contributed by atoms with Gasteiger partial charge in [-0.3, -0.25) is 4.79 Å². The Labute approximate surface area is 113 Å². The molecule has 0 unspecified atom stereocenters. The first-order chi connectivity index (χ1) is 8.56. The zero-order valence-corrected chi connectivity index (χ0v) is 11.5. The van der Waals surface area contributed by atoms with Gasteiger partial charge in [-0.1, -0.05) is 0 Å². The molecule has 1 atom stereocenters. The minimum atomic E-state index is -0.644. The zero-order valence-electron chi connectivity index (χ0n) is 9.94. The molecule has 1 heterocycles. The van der Waals surface area contributed by atoms with Crippen molar-refractivity contribution in [3.8, 4) is 0 Å². The normalized spacial score (nSPS) is 16.1. The summed E-state index contributed by atoms with van der Waals surface area (Å²) < 4.78 is 10.3. The fourth-order valence-electron chi connectivity index (χ4n) is 1.64. The molecular formula is C12H14BrNO4. The van der Waals surface area contributed by atoms with Gasteiger partial charge in [-0.2, -0.15) is 0 Å². The summed E-state index contributed by atoms with van der Waals surface area (Å²) in [4.78, 5) is 23.0. The SMILES string of the molecule is C[C@@H](NC(=O)COC(=O)c1ccc(Br)o1)C1CC1. The van der Waals surface area contributed by atoms with Gasteiger partial charge in [0.2, 0.25) is 5.76 Å². The molecular weight excluding hydrogens is 302 g/mol. The fourth-order valence-corrected chi connectivity index (χ4v) is 1.94. The van der Waals surface area contributed by atoms with Gasteiger partial charge in [-0.25, -0.2) is 4.79 Å². The summed E-state index contributed by atoms with van der Waals surface area (Å²) in [6.45, 7) is 1.68. The number of nitrogens with one attached hydrogen (secondary N) is 1. The van der Waals surface area contributed by atoms with Crippen LogP contribution in [0, 0.1) is 5.92 Å². The van der Waals surface area contributed by atoms with E-state index in [4.69, 9.17) is 9.15 Å². The van der Waals surface area contributed by atoms with E-state index < -0.39 is 5.97 Å². The number of carbonyl (C=O) groups is 2.